The van der Waals surface area contributed by atoms with Gasteiger partial charge in [0.1, 0.15) is 0 Å². The van der Waals surface area contributed by atoms with Gasteiger partial charge in [0.2, 0.25) is 0 Å². The van der Waals surface area contributed by atoms with Crippen molar-refractivity contribution in [3.05, 3.63) is 0 Å². The highest BCUT2D eigenvalue weighted by Crippen LogP contribution is 2.24. The van der Waals surface area contributed by atoms with Crippen LogP contribution >= 0.6 is 0 Å². The zero-order valence-electron chi connectivity index (χ0n) is 13.4. The van der Waals surface area contributed by atoms with Gasteiger partial charge in [-0.1, -0.05) is 27.7 Å². The molecule has 3 heteroatoms. The molecule has 114 valence electrons. The van der Waals surface area contributed by atoms with Gasteiger partial charge in [0, 0.05) is 12.1 Å². The van der Waals surface area contributed by atoms with E-state index in [9.17, 15) is 5.11 Å². The first-order valence-electron chi connectivity index (χ1n) is 8.12. The van der Waals surface area contributed by atoms with Crippen molar-refractivity contribution in [2.45, 2.75) is 65.5 Å². The van der Waals surface area contributed by atoms with Gasteiger partial charge in [-0.05, 0) is 57.2 Å². The molecule has 0 aliphatic carbocycles. The van der Waals surface area contributed by atoms with E-state index in [-0.39, 0.29) is 12.6 Å². The van der Waals surface area contributed by atoms with Gasteiger partial charge in [-0.2, -0.15) is 0 Å². The van der Waals surface area contributed by atoms with Gasteiger partial charge in [-0.25, -0.2) is 0 Å². The van der Waals surface area contributed by atoms with Crippen molar-refractivity contribution < 1.29 is 5.11 Å². The van der Waals surface area contributed by atoms with Gasteiger partial charge >= 0.3 is 0 Å². The predicted octanol–water partition coefficient (Wildman–Crippen LogP) is 2.49. The third-order valence-electron chi connectivity index (χ3n) is 4.39. The summed E-state index contributed by atoms with van der Waals surface area (Å²) >= 11 is 0. The second-order valence-corrected chi connectivity index (χ2v) is 6.77. The monoisotopic (exact) mass is 270 g/mol. The van der Waals surface area contributed by atoms with E-state index in [1.54, 1.807) is 0 Å². The largest absolute Gasteiger partial charge is 0.395 e. The molecule has 1 aliphatic heterocycles. The molecule has 19 heavy (non-hydrogen) atoms. The van der Waals surface area contributed by atoms with Crippen LogP contribution in [0.2, 0.25) is 0 Å². The van der Waals surface area contributed by atoms with E-state index >= 15 is 0 Å². The molecule has 3 nitrogen and oxygen atoms in total. The van der Waals surface area contributed by atoms with Crippen molar-refractivity contribution in [3.8, 4) is 0 Å². The summed E-state index contributed by atoms with van der Waals surface area (Å²) < 4.78 is 0. The standard InChI is InChI=1S/C16H34N2O/c1-13(2)15-6-5-9-18(10-7-15)11-8-16(12-19)17-14(3)4/h13-17,19H,5-12H2,1-4H3. The van der Waals surface area contributed by atoms with Crippen LogP contribution in [0.15, 0.2) is 0 Å². The van der Waals surface area contributed by atoms with Crippen LogP contribution < -0.4 is 5.32 Å². The molecule has 0 spiro atoms. The Morgan fingerprint density at radius 1 is 1.16 bits per heavy atom. The van der Waals surface area contributed by atoms with Gasteiger partial charge in [-0.3, -0.25) is 0 Å². The number of likely N-dealkylation sites (tertiary alicyclic amines) is 1. The molecule has 0 aromatic heterocycles. The molecule has 0 aromatic rings. The summed E-state index contributed by atoms with van der Waals surface area (Å²) in [4.78, 5) is 2.59. The molecule has 0 saturated carbocycles. The third-order valence-corrected chi connectivity index (χ3v) is 4.39. The number of nitrogens with zero attached hydrogens (tertiary/aromatic N) is 1. The van der Waals surface area contributed by atoms with Gasteiger partial charge in [0.25, 0.3) is 0 Å². The predicted molar refractivity (Wildman–Crippen MR) is 82.4 cm³/mol. The fraction of sp³-hybridized carbons (Fsp3) is 1.00. The summed E-state index contributed by atoms with van der Waals surface area (Å²) in [6.45, 7) is 12.8. The fourth-order valence-electron chi connectivity index (χ4n) is 3.11. The number of aliphatic hydroxyl groups is 1. The average Bonchev–Trinajstić information content (AvgIpc) is 2.59. The van der Waals surface area contributed by atoms with E-state index in [0.717, 1.165) is 24.8 Å². The highest BCUT2D eigenvalue weighted by atomic mass is 16.3. The topological polar surface area (TPSA) is 35.5 Å². The lowest BCUT2D eigenvalue weighted by Gasteiger charge is -2.25. The van der Waals surface area contributed by atoms with E-state index in [1.807, 2.05) is 0 Å². The highest BCUT2D eigenvalue weighted by Gasteiger charge is 2.20. The van der Waals surface area contributed by atoms with Crippen molar-refractivity contribution >= 4 is 0 Å². The fourth-order valence-corrected chi connectivity index (χ4v) is 3.11. The van der Waals surface area contributed by atoms with Gasteiger partial charge < -0.3 is 15.3 Å². The summed E-state index contributed by atoms with van der Waals surface area (Å²) in [6.07, 6.45) is 5.13. The van der Waals surface area contributed by atoms with Crippen molar-refractivity contribution in [1.29, 1.82) is 0 Å². The molecule has 1 heterocycles. The lowest BCUT2D eigenvalue weighted by atomic mass is 9.89. The Morgan fingerprint density at radius 2 is 1.89 bits per heavy atom. The van der Waals surface area contributed by atoms with Gasteiger partial charge in [0.05, 0.1) is 6.61 Å². The molecule has 1 fully saturated rings. The number of aliphatic hydroxyl groups excluding tert-OH is 1. The number of hydrogen-bond donors (Lipinski definition) is 2. The smallest absolute Gasteiger partial charge is 0.0585 e. The molecule has 0 radical (unpaired) electrons. The zero-order valence-corrected chi connectivity index (χ0v) is 13.4. The van der Waals surface area contributed by atoms with Crippen LogP contribution in [0.4, 0.5) is 0 Å². The van der Waals surface area contributed by atoms with Crippen molar-refractivity contribution in [3.63, 3.8) is 0 Å². The minimum Gasteiger partial charge on any atom is -0.395 e. The molecule has 1 rings (SSSR count). The van der Waals surface area contributed by atoms with E-state index < -0.39 is 0 Å². The Hall–Kier alpha value is -0.120. The summed E-state index contributed by atoms with van der Waals surface area (Å²) in [7, 11) is 0. The van der Waals surface area contributed by atoms with Crippen LogP contribution in [-0.2, 0) is 0 Å². The van der Waals surface area contributed by atoms with Gasteiger partial charge in [-0.15, -0.1) is 0 Å². The SMILES string of the molecule is CC(C)NC(CO)CCN1CCCC(C(C)C)CC1. The van der Waals surface area contributed by atoms with Crippen LogP contribution in [0, 0.1) is 11.8 Å². The molecule has 0 amide bonds. The molecular weight excluding hydrogens is 236 g/mol. The second-order valence-electron chi connectivity index (χ2n) is 6.77. The third kappa shape index (κ3) is 6.73. The number of hydrogen-bond acceptors (Lipinski definition) is 3. The van der Waals surface area contributed by atoms with E-state index in [4.69, 9.17) is 0 Å². The molecule has 2 unspecified atom stereocenters. The Balaban J connectivity index is 2.29. The normalized spacial score (nSPS) is 23.8. The molecule has 0 aromatic carbocycles. The van der Waals surface area contributed by atoms with E-state index in [2.05, 4.69) is 37.9 Å². The van der Waals surface area contributed by atoms with Crippen molar-refractivity contribution in [2.75, 3.05) is 26.2 Å². The maximum absolute atomic E-state index is 9.39. The second kappa shape index (κ2) is 8.93. The molecule has 2 atom stereocenters. The van der Waals surface area contributed by atoms with Crippen LogP contribution in [-0.4, -0.2) is 48.3 Å². The first kappa shape index (κ1) is 16.9. The van der Waals surface area contributed by atoms with Gasteiger partial charge in [0.15, 0.2) is 0 Å². The first-order chi connectivity index (χ1) is 9.02. The van der Waals surface area contributed by atoms with Crippen molar-refractivity contribution in [1.82, 2.24) is 10.2 Å². The zero-order chi connectivity index (χ0) is 14.3. The maximum Gasteiger partial charge on any atom is 0.0585 e. The van der Waals surface area contributed by atoms with Crippen LogP contribution in [0.25, 0.3) is 0 Å². The minimum atomic E-state index is 0.251. The first-order valence-corrected chi connectivity index (χ1v) is 8.12. The summed E-state index contributed by atoms with van der Waals surface area (Å²) in [6, 6.07) is 0.704. The average molecular weight is 270 g/mol. The lowest BCUT2D eigenvalue weighted by molar-refractivity contribution is 0.200. The van der Waals surface area contributed by atoms with Crippen LogP contribution in [0.3, 0.4) is 0 Å². The number of nitrogens with one attached hydrogen (secondary N) is 1. The Morgan fingerprint density at radius 3 is 2.47 bits per heavy atom. The van der Waals surface area contributed by atoms with Crippen molar-refractivity contribution in [2.24, 2.45) is 11.8 Å². The molecule has 0 bridgehead atoms. The van der Waals surface area contributed by atoms with E-state index in [1.165, 1.54) is 32.4 Å². The Labute approximate surface area is 119 Å². The Kier molecular flexibility index (Phi) is 7.96. The highest BCUT2D eigenvalue weighted by molar-refractivity contribution is 4.75. The number of rotatable bonds is 7. The van der Waals surface area contributed by atoms with E-state index in [0.29, 0.717) is 6.04 Å². The Bertz CT molecular complexity index is 231. The molecule has 1 aliphatic rings. The lowest BCUT2D eigenvalue weighted by Crippen LogP contribution is -2.40. The minimum absolute atomic E-state index is 0.251. The van der Waals surface area contributed by atoms with Crippen LogP contribution in [0.1, 0.15) is 53.4 Å². The summed E-state index contributed by atoms with van der Waals surface area (Å²) in [5, 5.41) is 12.8. The summed E-state index contributed by atoms with van der Waals surface area (Å²) in [5.74, 6) is 1.74. The quantitative estimate of drug-likeness (QED) is 0.746. The molecule has 2 N–H and O–H groups in total. The maximum atomic E-state index is 9.39. The molecule has 1 saturated heterocycles. The molecular formula is C16H34N2O. The van der Waals surface area contributed by atoms with Crippen LogP contribution in [0.5, 0.6) is 0 Å². The summed E-state index contributed by atoms with van der Waals surface area (Å²) in [5.41, 5.74) is 0.